The second-order valence-corrected chi connectivity index (χ2v) is 8.49. The Bertz CT molecular complexity index is 1010. The number of hydrogen-bond acceptors (Lipinski definition) is 4. The quantitative estimate of drug-likeness (QED) is 0.220. The first kappa shape index (κ1) is 27.1. The topological polar surface area (TPSA) is 63.1 Å². The lowest BCUT2D eigenvalue weighted by atomic mass is 10.0. The van der Waals surface area contributed by atoms with Gasteiger partial charge in [-0.1, -0.05) is 26.3 Å². The Morgan fingerprint density at radius 3 is 2.41 bits per heavy atom. The van der Waals surface area contributed by atoms with Crippen molar-refractivity contribution in [1.29, 1.82) is 0 Å². The molecule has 3 aromatic rings. The molecule has 2 aromatic heterocycles. The number of pyridine rings is 1. The van der Waals surface area contributed by atoms with E-state index in [9.17, 15) is 9.59 Å². The van der Waals surface area contributed by atoms with Crippen molar-refractivity contribution < 1.29 is 14.3 Å². The Labute approximate surface area is 203 Å². The lowest BCUT2D eigenvalue weighted by Crippen LogP contribution is -2.18. The zero-order chi connectivity index (χ0) is 24.8. The Morgan fingerprint density at radius 2 is 1.76 bits per heavy atom. The van der Waals surface area contributed by atoms with Crippen molar-refractivity contribution in [2.24, 2.45) is 0 Å². The monoisotopic (exact) mass is 465 g/mol. The van der Waals surface area contributed by atoms with Gasteiger partial charge in [-0.05, 0) is 86.8 Å². The average Bonchev–Trinajstić information content (AvgIpc) is 3.23. The van der Waals surface area contributed by atoms with Gasteiger partial charge in [0.15, 0.2) is 0 Å². The maximum Gasteiger partial charge on any atom is 0.210 e. The normalized spacial score (nSPS) is 10.5. The van der Waals surface area contributed by atoms with Crippen LogP contribution in [0.25, 0.3) is 5.52 Å². The SMILES string of the molecule is CCCCc1cc2ccccn2c1C(=O)c1ccc(OCCCNCCC)cc1.CN(C)C=O. The fraction of sp³-hybridized carbons (Fsp3) is 0.429. The summed E-state index contributed by atoms with van der Waals surface area (Å²) in [4.78, 5) is 24.2. The molecular weight excluding hydrogens is 426 g/mol. The number of benzene rings is 1. The summed E-state index contributed by atoms with van der Waals surface area (Å²) in [6.45, 7) is 7.03. The Balaban J connectivity index is 0.000000739. The largest absolute Gasteiger partial charge is 0.494 e. The van der Waals surface area contributed by atoms with Crippen LogP contribution in [-0.4, -0.2) is 55.3 Å². The third kappa shape index (κ3) is 8.34. The summed E-state index contributed by atoms with van der Waals surface area (Å²) in [5.41, 5.74) is 3.68. The highest BCUT2D eigenvalue weighted by molar-refractivity contribution is 6.09. The first-order valence-corrected chi connectivity index (χ1v) is 12.2. The van der Waals surface area contributed by atoms with Crippen molar-refractivity contribution in [3.05, 3.63) is 71.5 Å². The van der Waals surface area contributed by atoms with Gasteiger partial charge in [0.2, 0.25) is 12.2 Å². The Kier molecular flexibility index (Phi) is 11.9. The van der Waals surface area contributed by atoms with Gasteiger partial charge in [-0.15, -0.1) is 0 Å². The molecule has 0 bridgehead atoms. The zero-order valence-electron chi connectivity index (χ0n) is 21.0. The number of carbonyl (C=O) groups excluding carboxylic acids is 2. The van der Waals surface area contributed by atoms with Crippen molar-refractivity contribution in [1.82, 2.24) is 14.6 Å². The summed E-state index contributed by atoms with van der Waals surface area (Å²) in [6, 6.07) is 15.7. The third-order valence-corrected chi connectivity index (χ3v) is 5.29. The van der Waals surface area contributed by atoms with Gasteiger partial charge in [-0.25, -0.2) is 0 Å². The van der Waals surface area contributed by atoms with E-state index in [1.165, 1.54) is 4.90 Å². The molecule has 0 saturated heterocycles. The van der Waals surface area contributed by atoms with Gasteiger partial charge < -0.3 is 19.4 Å². The summed E-state index contributed by atoms with van der Waals surface area (Å²) < 4.78 is 7.82. The molecule has 0 saturated carbocycles. The molecule has 34 heavy (non-hydrogen) atoms. The van der Waals surface area contributed by atoms with Gasteiger partial charge in [0.05, 0.1) is 12.3 Å². The number of amides is 1. The molecule has 1 N–H and O–H groups in total. The fourth-order valence-corrected chi connectivity index (χ4v) is 3.52. The van der Waals surface area contributed by atoms with Gasteiger partial charge in [0.25, 0.3) is 0 Å². The molecule has 6 nitrogen and oxygen atoms in total. The molecule has 1 amide bonds. The van der Waals surface area contributed by atoms with Crippen LogP contribution in [0.2, 0.25) is 0 Å². The van der Waals surface area contributed by atoms with Crippen LogP contribution >= 0.6 is 0 Å². The number of nitrogens with one attached hydrogen (secondary N) is 1. The molecule has 0 unspecified atom stereocenters. The van der Waals surface area contributed by atoms with Gasteiger partial charge in [0.1, 0.15) is 5.75 Å². The number of hydrogen-bond donors (Lipinski definition) is 1. The predicted molar refractivity (Wildman–Crippen MR) is 139 cm³/mol. The molecule has 184 valence electrons. The second-order valence-electron chi connectivity index (χ2n) is 8.49. The number of rotatable bonds is 13. The standard InChI is InChI=1S/C25H32N2O2.C3H7NO/c1-3-5-9-21-19-22-10-6-7-17-27(22)24(21)25(28)20-11-13-23(14-12-20)29-18-8-16-26-15-4-2;1-4(2)3-5/h6-7,10-14,17,19,26H,3-5,8-9,15-16,18H2,1-2H3;3H,1-2H3. The van der Waals surface area contributed by atoms with Crippen molar-refractivity contribution in [3.8, 4) is 5.75 Å². The minimum atomic E-state index is 0.0672. The molecule has 0 spiro atoms. The molecule has 1 aromatic carbocycles. The molecule has 0 aliphatic carbocycles. The number of ketones is 1. The summed E-state index contributed by atoms with van der Waals surface area (Å²) in [5, 5.41) is 3.37. The van der Waals surface area contributed by atoms with Crippen LogP contribution in [0.5, 0.6) is 5.75 Å². The van der Waals surface area contributed by atoms with E-state index < -0.39 is 0 Å². The number of carbonyl (C=O) groups is 2. The highest BCUT2D eigenvalue weighted by Crippen LogP contribution is 2.23. The molecule has 6 heteroatoms. The first-order chi connectivity index (χ1) is 16.5. The van der Waals surface area contributed by atoms with Gasteiger partial charge in [-0.2, -0.15) is 0 Å². The van der Waals surface area contributed by atoms with Crippen LogP contribution in [0.3, 0.4) is 0 Å². The highest BCUT2D eigenvalue weighted by atomic mass is 16.5. The second kappa shape index (κ2) is 14.9. The van der Waals surface area contributed by atoms with Crippen LogP contribution in [0, 0.1) is 0 Å². The van der Waals surface area contributed by atoms with E-state index in [-0.39, 0.29) is 5.78 Å². The number of fused-ring (bicyclic) bond motifs is 1. The highest BCUT2D eigenvalue weighted by Gasteiger charge is 2.18. The summed E-state index contributed by atoms with van der Waals surface area (Å²) in [7, 11) is 3.38. The lowest BCUT2D eigenvalue weighted by molar-refractivity contribution is -0.115. The smallest absolute Gasteiger partial charge is 0.210 e. The summed E-state index contributed by atoms with van der Waals surface area (Å²) in [5.74, 6) is 0.876. The van der Waals surface area contributed by atoms with Gasteiger partial charge >= 0.3 is 0 Å². The van der Waals surface area contributed by atoms with Crippen molar-refractivity contribution in [2.75, 3.05) is 33.8 Å². The van der Waals surface area contributed by atoms with Crippen molar-refractivity contribution >= 4 is 17.7 Å². The van der Waals surface area contributed by atoms with Crippen LogP contribution in [0.4, 0.5) is 0 Å². The van der Waals surface area contributed by atoms with E-state index >= 15 is 0 Å². The van der Waals surface area contributed by atoms with Gasteiger partial charge in [0, 0.05) is 31.4 Å². The maximum absolute atomic E-state index is 13.3. The molecule has 0 atom stereocenters. The lowest BCUT2D eigenvalue weighted by Gasteiger charge is -2.09. The number of nitrogens with zero attached hydrogens (tertiary/aromatic N) is 2. The number of ether oxygens (including phenoxy) is 1. The van der Waals surface area contributed by atoms with Crippen LogP contribution < -0.4 is 10.1 Å². The average molecular weight is 466 g/mol. The number of unbranched alkanes of at least 4 members (excludes halogenated alkanes) is 1. The minimum Gasteiger partial charge on any atom is -0.494 e. The molecule has 0 aliphatic heterocycles. The van der Waals surface area contributed by atoms with E-state index in [2.05, 4.69) is 31.3 Å². The van der Waals surface area contributed by atoms with Crippen LogP contribution in [-0.2, 0) is 11.2 Å². The molecular formula is C28H39N3O3. The van der Waals surface area contributed by atoms with E-state index in [0.717, 1.165) is 74.1 Å². The van der Waals surface area contributed by atoms with E-state index in [4.69, 9.17) is 4.74 Å². The van der Waals surface area contributed by atoms with E-state index in [0.29, 0.717) is 12.2 Å². The molecule has 0 fully saturated rings. The van der Waals surface area contributed by atoms with Crippen molar-refractivity contribution in [2.45, 2.75) is 46.0 Å². The summed E-state index contributed by atoms with van der Waals surface area (Å²) in [6.07, 6.45) is 7.95. The number of aryl methyl sites for hydroxylation is 1. The fourth-order valence-electron chi connectivity index (χ4n) is 3.52. The van der Waals surface area contributed by atoms with Crippen LogP contribution in [0.15, 0.2) is 54.7 Å². The molecule has 0 radical (unpaired) electrons. The Morgan fingerprint density at radius 1 is 1.03 bits per heavy atom. The summed E-state index contributed by atoms with van der Waals surface area (Å²) >= 11 is 0. The first-order valence-electron chi connectivity index (χ1n) is 12.2. The Hall–Kier alpha value is -3.12. The van der Waals surface area contributed by atoms with Crippen molar-refractivity contribution in [3.63, 3.8) is 0 Å². The van der Waals surface area contributed by atoms with E-state index in [1.54, 1.807) is 14.1 Å². The molecule has 0 aliphatic rings. The maximum atomic E-state index is 13.3. The van der Waals surface area contributed by atoms with Crippen LogP contribution in [0.1, 0.15) is 61.1 Å². The third-order valence-electron chi connectivity index (χ3n) is 5.29. The minimum absolute atomic E-state index is 0.0672. The molecule has 2 heterocycles. The zero-order valence-corrected chi connectivity index (χ0v) is 21.0. The van der Waals surface area contributed by atoms with Gasteiger partial charge in [-0.3, -0.25) is 9.59 Å². The predicted octanol–water partition coefficient (Wildman–Crippen LogP) is 4.99. The molecule has 3 rings (SSSR count). The van der Waals surface area contributed by atoms with E-state index in [1.807, 2.05) is 47.0 Å². The number of aromatic nitrogens is 1.